The Morgan fingerprint density at radius 2 is 1.77 bits per heavy atom. The van der Waals surface area contributed by atoms with Gasteiger partial charge in [-0.3, -0.25) is 4.79 Å². The normalized spacial score (nSPS) is 15.8. The summed E-state index contributed by atoms with van der Waals surface area (Å²) >= 11 is 0. The topological polar surface area (TPSA) is 73.7 Å². The van der Waals surface area contributed by atoms with E-state index < -0.39 is 23.9 Å². The number of pyridine rings is 1. The van der Waals surface area contributed by atoms with E-state index in [2.05, 4.69) is 4.98 Å². The molecule has 1 amide bonds. The molecule has 1 aliphatic rings. The Labute approximate surface area is 121 Å². The summed E-state index contributed by atoms with van der Waals surface area (Å²) in [6, 6.07) is 0.790. The van der Waals surface area contributed by atoms with Crippen molar-refractivity contribution in [3.63, 3.8) is 0 Å². The number of carbonyl (C=O) groups excluding carboxylic acids is 1. The average molecular weight is 321 g/mol. The van der Waals surface area contributed by atoms with E-state index in [0.717, 1.165) is 12.3 Å². The van der Waals surface area contributed by atoms with Gasteiger partial charge in [-0.05, 0) is 6.07 Å². The third kappa shape index (κ3) is 3.26. The Morgan fingerprint density at radius 3 is 2.27 bits per heavy atom. The second-order valence-electron chi connectivity index (χ2n) is 4.61. The molecule has 1 aromatic heterocycles. The van der Waals surface area contributed by atoms with Gasteiger partial charge in [-0.25, -0.2) is 14.2 Å². The van der Waals surface area contributed by atoms with Gasteiger partial charge in [0, 0.05) is 26.2 Å². The minimum Gasteiger partial charge on any atom is -0.478 e. The zero-order valence-electron chi connectivity index (χ0n) is 11.1. The number of carbonyl (C=O) groups is 2. The number of hydrogen-bond donors (Lipinski definition) is 1. The molecule has 1 fully saturated rings. The first-order chi connectivity index (χ1) is 10.2. The molecule has 0 bridgehead atoms. The summed E-state index contributed by atoms with van der Waals surface area (Å²) in [4.78, 5) is 27.9. The molecule has 2 heterocycles. The maximum atomic E-state index is 13.1. The summed E-state index contributed by atoms with van der Waals surface area (Å²) in [7, 11) is 0. The van der Waals surface area contributed by atoms with Crippen LogP contribution in [0.25, 0.3) is 0 Å². The lowest BCUT2D eigenvalue weighted by Gasteiger charge is -2.36. The Hall–Kier alpha value is -2.39. The molecule has 6 nitrogen and oxygen atoms in total. The van der Waals surface area contributed by atoms with Gasteiger partial charge in [-0.2, -0.15) is 13.2 Å². The SMILES string of the molecule is O=C(O)c1cc(F)cnc1N1CCN(C(=O)C(F)(F)F)CC1. The number of alkyl halides is 3. The highest BCUT2D eigenvalue weighted by molar-refractivity contribution is 5.93. The van der Waals surface area contributed by atoms with Crippen LogP contribution in [-0.4, -0.2) is 59.2 Å². The van der Waals surface area contributed by atoms with E-state index in [-0.39, 0.29) is 37.6 Å². The lowest BCUT2D eigenvalue weighted by Crippen LogP contribution is -2.52. The van der Waals surface area contributed by atoms with Crippen molar-refractivity contribution < 1.29 is 32.3 Å². The number of carboxylic acids is 1. The summed E-state index contributed by atoms with van der Waals surface area (Å²) < 4.78 is 50.0. The largest absolute Gasteiger partial charge is 0.478 e. The fourth-order valence-corrected chi connectivity index (χ4v) is 2.14. The van der Waals surface area contributed by atoms with Crippen molar-refractivity contribution in [1.29, 1.82) is 0 Å². The van der Waals surface area contributed by atoms with Crippen molar-refractivity contribution in [1.82, 2.24) is 9.88 Å². The number of piperazine rings is 1. The molecule has 0 atom stereocenters. The smallest absolute Gasteiger partial charge is 0.471 e. The number of anilines is 1. The highest BCUT2D eigenvalue weighted by Gasteiger charge is 2.43. The molecule has 1 aliphatic heterocycles. The molecule has 1 saturated heterocycles. The molecule has 22 heavy (non-hydrogen) atoms. The first-order valence-corrected chi connectivity index (χ1v) is 6.20. The molecule has 1 aromatic rings. The second kappa shape index (κ2) is 5.78. The first kappa shape index (κ1) is 16.0. The maximum absolute atomic E-state index is 13.1. The molecule has 0 aromatic carbocycles. The molecule has 0 unspecified atom stereocenters. The lowest BCUT2D eigenvalue weighted by atomic mass is 10.2. The highest BCUT2D eigenvalue weighted by atomic mass is 19.4. The third-order valence-corrected chi connectivity index (χ3v) is 3.17. The Morgan fingerprint density at radius 1 is 1.18 bits per heavy atom. The Kier molecular flexibility index (Phi) is 4.20. The van der Waals surface area contributed by atoms with Gasteiger partial charge in [0.25, 0.3) is 0 Å². The molecule has 10 heteroatoms. The van der Waals surface area contributed by atoms with Gasteiger partial charge >= 0.3 is 18.1 Å². The van der Waals surface area contributed by atoms with Crippen molar-refractivity contribution in [2.45, 2.75) is 6.18 Å². The molecular formula is C12H11F4N3O3. The molecule has 1 N–H and O–H groups in total. The first-order valence-electron chi connectivity index (χ1n) is 6.20. The van der Waals surface area contributed by atoms with Gasteiger partial charge in [0.05, 0.1) is 6.20 Å². The van der Waals surface area contributed by atoms with Crippen LogP contribution in [0.15, 0.2) is 12.3 Å². The van der Waals surface area contributed by atoms with E-state index >= 15 is 0 Å². The van der Waals surface area contributed by atoms with Crippen LogP contribution in [0.4, 0.5) is 23.4 Å². The van der Waals surface area contributed by atoms with Gasteiger partial charge in [-0.1, -0.05) is 0 Å². The number of aromatic carboxylic acids is 1. The van der Waals surface area contributed by atoms with Crippen LogP contribution in [0.5, 0.6) is 0 Å². The summed E-state index contributed by atoms with van der Waals surface area (Å²) in [5.74, 6) is -4.19. The fraction of sp³-hybridized carbons (Fsp3) is 0.417. The number of hydrogen-bond acceptors (Lipinski definition) is 4. The number of amides is 1. The highest BCUT2D eigenvalue weighted by Crippen LogP contribution is 2.23. The van der Waals surface area contributed by atoms with Crippen LogP contribution >= 0.6 is 0 Å². The van der Waals surface area contributed by atoms with Crippen molar-refractivity contribution in [3.8, 4) is 0 Å². The quantitative estimate of drug-likeness (QED) is 0.827. The van der Waals surface area contributed by atoms with E-state index in [0.29, 0.717) is 4.90 Å². The lowest BCUT2D eigenvalue weighted by molar-refractivity contribution is -0.185. The van der Waals surface area contributed by atoms with Crippen molar-refractivity contribution in [3.05, 3.63) is 23.6 Å². The second-order valence-corrected chi connectivity index (χ2v) is 4.61. The monoisotopic (exact) mass is 321 g/mol. The molecular weight excluding hydrogens is 310 g/mol. The number of rotatable bonds is 2. The van der Waals surface area contributed by atoms with Crippen LogP contribution in [0, 0.1) is 5.82 Å². The van der Waals surface area contributed by atoms with Crippen molar-refractivity contribution >= 4 is 17.7 Å². The van der Waals surface area contributed by atoms with Crippen molar-refractivity contribution in [2.75, 3.05) is 31.1 Å². The summed E-state index contributed by atoms with van der Waals surface area (Å²) in [6.07, 6.45) is -4.11. The summed E-state index contributed by atoms with van der Waals surface area (Å²) in [5, 5.41) is 9.02. The van der Waals surface area contributed by atoms with Gasteiger partial charge < -0.3 is 14.9 Å². The third-order valence-electron chi connectivity index (χ3n) is 3.17. The number of nitrogens with zero attached hydrogens (tertiary/aromatic N) is 3. The molecule has 2 rings (SSSR count). The van der Waals surface area contributed by atoms with Crippen LogP contribution in [0.2, 0.25) is 0 Å². The number of carboxylic acid groups (broad SMARTS) is 1. The molecule has 0 saturated carbocycles. The standard InChI is InChI=1S/C12H11F4N3O3/c13-7-5-8(10(20)21)9(17-6-7)18-1-3-19(4-2-18)11(22)12(14,15)16/h5-6H,1-4H2,(H,20,21). The Balaban J connectivity index is 2.13. The van der Waals surface area contributed by atoms with Gasteiger partial charge in [0.1, 0.15) is 17.2 Å². The Bertz CT molecular complexity index is 598. The number of aromatic nitrogens is 1. The van der Waals surface area contributed by atoms with Crippen LogP contribution in [0.1, 0.15) is 10.4 Å². The van der Waals surface area contributed by atoms with E-state index in [1.807, 2.05) is 0 Å². The van der Waals surface area contributed by atoms with Crippen LogP contribution in [-0.2, 0) is 4.79 Å². The molecule has 0 spiro atoms. The predicted octanol–water partition coefficient (Wildman–Crippen LogP) is 1.13. The van der Waals surface area contributed by atoms with Gasteiger partial charge in [-0.15, -0.1) is 0 Å². The molecule has 120 valence electrons. The van der Waals surface area contributed by atoms with Crippen LogP contribution in [0.3, 0.4) is 0 Å². The zero-order valence-corrected chi connectivity index (χ0v) is 11.1. The fourth-order valence-electron chi connectivity index (χ4n) is 2.14. The predicted molar refractivity (Wildman–Crippen MR) is 66.0 cm³/mol. The summed E-state index contributed by atoms with van der Waals surface area (Å²) in [5.41, 5.74) is -0.379. The van der Waals surface area contributed by atoms with Crippen molar-refractivity contribution in [2.24, 2.45) is 0 Å². The van der Waals surface area contributed by atoms with E-state index in [9.17, 15) is 27.2 Å². The number of halogens is 4. The molecule has 0 radical (unpaired) electrons. The van der Waals surface area contributed by atoms with Gasteiger partial charge in [0.2, 0.25) is 0 Å². The zero-order chi connectivity index (χ0) is 16.5. The van der Waals surface area contributed by atoms with Gasteiger partial charge in [0.15, 0.2) is 0 Å². The van der Waals surface area contributed by atoms with E-state index in [4.69, 9.17) is 5.11 Å². The summed E-state index contributed by atoms with van der Waals surface area (Å²) in [6.45, 7) is -0.506. The minimum atomic E-state index is -4.94. The van der Waals surface area contributed by atoms with E-state index in [1.54, 1.807) is 0 Å². The average Bonchev–Trinajstić information content (AvgIpc) is 2.45. The van der Waals surface area contributed by atoms with Crippen LogP contribution < -0.4 is 4.90 Å². The maximum Gasteiger partial charge on any atom is 0.471 e. The minimum absolute atomic E-state index is 0.0271. The van der Waals surface area contributed by atoms with E-state index in [1.165, 1.54) is 4.90 Å². The molecule has 0 aliphatic carbocycles.